The van der Waals surface area contributed by atoms with Crippen LogP contribution in [0.4, 0.5) is 0 Å². The van der Waals surface area contributed by atoms with Crippen molar-refractivity contribution in [1.29, 1.82) is 0 Å². The van der Waals surface area contributed by atoms with E-state index in [2.05, 4.69) is 24.1 Å². The first kappa shape index (κ1) is 9.55. The topological polar surface area (TPSA) is 20.3 Å². The quantitative estimate of drug-likeness (QED) is 0.659. The van der Waals surface area contributed by atoms with Crippen molar-refractivity contribution >= 4 is 10.8 Å². The van der Waals surface area contributed by atoms with Crippen LogP contribution in [0.15, 0.2) is 29.2 Å². The average molecular weight is 221 g/mol. The van der Waals surface area contributed by atoms with Gasteiger partial charge < -0.3 is 4.90 Å². The van der Waals surface area contributed by atoms with E-state index in [9.17, 15) is 4.21 Å². The first-order valence-electron chi connectivity index (χ1n) is 5.38. The summed E-state index contributed by atoms with van der Waals surface area (Å²) in [4.78, 5) is 3.42. The molecular formula is C12H15NOS. The van der Waals surface area contributed by atoms with Gasteiger partial charge in [-0.2, -0.15) is 0 Å². The molecule has 2 unspecified atom stereocenters. The van der Waals surface area contributed by atoms with E-state index >= 15 is 0 Å². The molecule has 1 saturated heterocycles. The summed E-state index contributed by atoms with van der Waals surface area (Å²) in [7, 11) is 1.38. The lowest BCUT2D eigenvalue weighted by molar-refractivity contribution is 0.384. The molecule has 0 radical (unpaired) electrons. The highest BCUT2D eigenvalue weighted by Gasteiger charge is 2.46. The van der Waals surface area contributed by atoms with Crippen molar-refractivity contribution in [3.8, 4) is 0 Å². The van der Waals surface area contributed by atoms with Crippen molar-refractivity contribution in [2.45, 2.75) is 16.7 Å². The molecule has 1 aromatic carbocycles. The predicted octanol–water partition coefficient (Wildman–Crippen LogP) is 1.38. The summed E-state index contributed by atoms with van der Waals surface area (Å²) in [5.74, 6) is 0.830. The smallest absolute Gasteiger partial charge is 0.0542 e. The molecule has 3 heteroatoms. The molecule has 0 aliphatic carbocycles. The van der Waals surface area contributed by atoms with Gasteiger partial charge >= 0.3 is 0 Å². The molecule has 0 N–H and O–H groups in total. The zero-order chi connectivity index (χ0) is 10.5. The molecule has 1 fully saturated rings. The monoisotopic (exact) mass is 221 g/mol. The van der Waals surface area contributed by atoms with Crippen LogP contribution in [0.1, 0.15) is 12.0 Å². The lowest BCUT2D eigenvalue weighted by Gasteiger charge is -2.22. The van der Waals surface area contributed by atoms with E-state index in [1.807, 2.05) is 12.1 Å². The minimum Gasteiger partial charge on any atom is -0.305 e. The van der Waals surface area contributed by atoms with E-state index in [1.54, 1.807) is 0 Å². The standard InChI is InChI=1S/C12H15NOS/c1-13-7-6-12(8-13)9-15(14)11-5-3-2-4-10(11)12/h2-5H,6-9H2,1H3. The molecule has 2 atom stereocenters. The normalized spacial score (nSPS) is 34.9. The third-order valence-corrected chi connectivity index (χ3v) is 5.32. The number of hydrogen-bond donors (Lipinski definition) is 0. The van der Waals surface area contributed by atoms with Gasteiger partial charge in [-0.25, -0.2) is 0 Å². The molecule has 3 rings (SSSR count). The molecule has 0 aromatic heterocycles. The van der Waals surface area contributed by atoms with Gasteiger partial charge in [0.1, 0.15) is 0 Å². The van der Waals surface area contributed by atoms with Gasteiger partial charge in [0.05, 0.1) is 10.8 Å². The van der Waals surface area contributed by atoms with Crippen molar-refractivity contribution in [2.75, 3.05) is 25.9 Å². The maximum Gasteiger partial charge on any atom is 0.0542 e. The van der Waals surface area contributed by atoms with E-state index < -0.39 is 10.8 Å². The Labute approximate surface area is 92.7 Å². The van der Waals surface area contributed by atoms with Gasteiger partial charge in [0.25, 0.3) is 0 Å². The maximum atomic E-state index is 12.0. The summed E-state index contributed by atoms with van der Waals surface area (Å²) >= 11 is 0. The van der Waals surface area contributed by atoms with Crippen LogP contribution in [0.2, 0.25) is 0 Å². The van der Waals surface area contributed by atoms with E-state index in [0.717, 1.165) is 30.2 Å². The van der Waals surface area contributed by atoms with Crippen molar-refractivity contribution in [1.82, 2.24) is 4.90 Å². The van der Waals surface area contributed by atoms with E-state index in [0.29, 0.717) is 0 Å². The molecule has 15 heavy (non-hydrogen) atoms. The Hall–Kier alpha value is -0.670. The van der Waals surface area contributed by atoms with E-state index in [-0.39, 0.29) is 5.41 Å². The van der Waals surface area contributed by atoms with E-state index in [4.69, 9.17) is 0 Å². The minimum atomic E-state index is -0.769. The number of rotatable bonds is 0. The highest BCUT2D eigenvalue weighted by Crippen LogP contribution is 2.43. The molecule has 1 aromatic rings. The van der Waals surface area contributed by atoms with Crippen LogP contribution >= 0.6 is 0 Å². The average Bonchev–Trinajstić information content (AvgIpc) is 2.72. The van der Waals surface area contributed by atoms with Crippen molar-refractivity contribution in [2.24, 2.45) is 0 Å². The van der Waals surface area contributed by atoms with Crippen molar-refractivity contribution in [3.63, 3.8) is 0 Å². The fraction of sp³-hybridized carbons (Fsp3) is 0.500. The first-order valence-corrected chi connectivity index (χ1v) is 6.70. The Morgan fingerprint density at radius 2 is 2.20 bits per heavy atom. The van der Waals surface area contributed by atoms with Crippen molar-refractivity contribution in [3.05, 3.63) is 29.8 Å². The summed E-state index contributed by atoms with van der Waals surface area (Å²) in [5.41, 5.74) is 1.53. The number of nitrogens with zero attached hydrogens (tertiary/aromatic N) is 1. The molecule has 0 bridgehead atoms. The zero-order valence-electron chi connectivity index (χ0n) is 8.90. The van der Waals surface area contributed by atoms with Crippen LogP contribution < -0.4 is 0 Å². The SMILES string of the molecule is CN1CCC2(C1)CS(=O)c1ccccc12. The molecule has 0 amide bonds. The molecule has 80 valence electrons. The minimum absolute atomic E-state index is 0.191. The highest BCUT2D eigenvalue weighted by atomic mass is 32.2. The second kappa shape index (κ2) is 3.16. The number of fused-ring (bicyclic) bond motifs is 2. The lowest BCUT2D eigenvalue weighted by Crippen LogP contribution is -2.30. The van der Waals surface area contributed by atoms with E-state index in [1.165, 1.54) is 5.56 Å². The second-order valence-electron chi connectivity index (χ2n) is 4.75. The summed E-state index contributed by atoms with van der Waals surface area (Å²) in [6, 6.07) is 8.26. The van der Waals surface area contributed by atoms with Gasteiger partial charge in [-0.3, -0.25) is 4.21 Å². The lowest BCUT2D eigenvalue weighted by atomic mass is 9.82. The first-order chi connectivity index (χ1) is 7.21. The molecule has 2 nitrogen and oxygen atoms in total. The number of likely N-dealkylation sites (tertiary alicyclic amines) is 1. The molecule has 2 aliphatic rings. The summed E-state index contributed by atoms with van der Waals surface area (Å²) in [5, 5.41) is 0. The van der Waals surface area contributed by atoms with Crippen LogP contribution in [-0.2, 0) is 16.2 Å². The molecule has 1 spiro atoms. The van der Waals surface area contributed by atoms with Gasteiger partial charge in [-0.05, 0) is 31.6 Å². The third-order valence-electron chi connectivity index (χ3n) is 3.66. The molecule has 2 heterocycles. The highest BCUT2D eigenvalue weighted by molar-refractivity contribution is 7.85. The largest absolute Gasteiger partial charge is 0.305 e. The molecule has 0 saturated carbocycles. The molecule has 2 aliphatic heterocycles. The van der Waals surface area contributed by atoms with Gasteiger partial charge in [0.15, 0.2) is 0 Å². The fourth-order valence-electron chi connectivity index (χ4n) is 2.93. The Kier molecular flexibility index (Phi) is 2.01. The summed E-state index contributed by atoms with van der Waals surface area (Å²) < 4.78 is 12.0. The Bertz CT molecular complexity index is 431. The Morgan fingerprint density at radius 1 is 1.40 bits per heavy atom. The van der Waals surface area contributed by atoms with Gasteiger partial charge in [0.2, 0.25) is 0 Å². The van der Waals surface area contributed by atoms with Crippen LogP contribution in [0.5, 0.6) is 0 Å². The van der Waals surface area contributed by atoms with Gasteiger partial charge in [0, 0.05) is 22.6 Å². The Morgan fingerprint density at radius 3 is 2.93 bits per heavy atom. The second-order valence-corrected chi connectivity index (χ2v) is 6.17. The van der Waals surface area contributed by atoms with Crippen LogP contribution in [0.25, 0.3) is 0 Å². The van der Waals surface area contributed by atoms with Crippen LogP contribution in [0, 0.1) is 0 Å². The van der Waals surface area contributed by atoms with Gasteiger partial charge in [-0.1, -0.05) is 18.2 Å². The predicted molar refractivity (Wildman–Crippen MR) is 61.5 cm³/mol. The van der Waals surface area contributed by atoms with Crippen molar-refractivity contribution < 1.29 is 4.21 Å². The van der Waals surface area contributed by atoms with Crippen LogP contribution in [0.3, 0.4) is 0 Å². The fourth-order valence-corrected chi connectivity index (χ4v) is 4.74. The van der Waals surface area contributed by atoms with Crippen LogP contribution in [-0.4, -0.2) is 35.0 Å². The Balaban J connectivity index is 2.12. The summed E-state index contributed by atoms with van der Waals surface area (Å²) in [6.07, 6.45) is 1.16. The van der Waals surface area contributed by atoms with Gasteiger partial charge in [-0.15, -0.1) is 0 Å². The maximum absolute atomic E-state index is 12.0. The summed E-state index contributed by atoms with van der Waals surface area (Å²) in [6.45, 7) is 2.20. The number of likely N-dealkylation sites (N-methyl/N-ethyl adjacent to an activating group) is 1. The molecular weight excluding hydrogens is 206 g/mol. The number of benzene rings is 1. The zero-order valence-corrected chi connectivity index (χ0v) is 9.72. The third kappa shape index (κ3) is 1.30. The number of hydrogen-bond acceptors (Lipinski definition) is 2.